The van der Waals surface area contributed by atoms with Crippen LogP contribution < -0.4 is 0 Å². The molecule has 0 aromatic heterocycles. The van der Waals surface area contributed by atoms with E-state index in [1.165, 1.54) is 25.0 Å². The molecule has 1 fully saturated rings. The number of alkyl halides is 1. The van der Waals surface area contributed by atoms with Crippen LogP contribution in [0.15, 0.2) is 18.2 Å². The molecule has 0 spiro atoms. The van der Waals surface area contributed by atoms with Gasteiger partial charge < -0.3 is 0 Å². The standard InChI is InChI=1S/C13H15BrF2/c1-13(8-14,10-2-3-10)7-9-4-11(15)6-12(16)5-9/h4-6,10H,2-3,7-8H2,1H3. The predicted octanol–water partition coefficient (Wildman–Crippen LogP) is 4.32. The first kappa shape index (κ1) is 12.0. The Hall–Kier alpha value is -0.440. The Morgan fingerprint density at radius 1 is 1.25 bits per heavy atom. The Bertz CT molecular complexity index is 367. The molecule has 1 aromatic rings. The minimum Gasteiger partial charge on any atom is -0.207 e. The topological polar surface area (TPSA) is 0 Å². The summed E-state index contributed by atoms with van der Waals surface area (Å²) in [6.07, 6.45) is 3.21. The van der Waals surface area contributed by atoms with E-state index >= 15 is 0 Å². The second-order valence-electron chi connectivity index (χ2n) is 5.02. The van der Waals surface area contributed by atoms with Crippen molar-refractivity contribution in [3.63, 3.8) is 0 Å². The maximum atomic E-state index is 13.1. The summed E-state index contributed by atoms with van der Waals surface area (Å²) in [5.74, 6) is -0.274. The third-order valence-electron chi connectivity index (χ3n) is 3.40. The van der Waals surface area contributed by atoms with Gasteiger partial charge in [-0.05, 0) is 48.3 Å². The molecule has 0 amide bonds. The maximum absolute atomic E-state index is 13.1. The number of benzene rings is 1. The summed E-state index contributed by atoms with van der Waals surface area (Å²) in [6, 6.07) is 3.80. The highest BCUT2D eigenvalue weighted by Crippen LogP contribution is 2.48. The van der Waals surface area contributed by atoms with Crippen molar-refractivity contribution >= 4 is 15.9 Å². The normalized spacial score (nSPS) is 19.5. The first-order valence-corrected chi connectivity index (χ1v) is 6.66. The molecule has 16 heavy (non-hydrogen) atoms. The van der Waals surface area contributed by atoms with Crippen LogP contribution in [-0.2, 0) is 6.42 Å². The maximum Gasteiger partial charge on any atom is 0.126 e. The summed E-state index contributed by atoms with van der Waals surface area (Å²) in [5.41, 5.74) is 0.881. The van der Waals surface area contributed by atoms with E-state index in [0.717, 1.165) is 23.4 Å². The molecule has 1 saturated carbocycles. The Morgan fingerprint density at radius 2 is 1.81 bits per heavy atom. The van der Waals surface area contributed by atoms with Crippen molar-refractivity contribution in [1.29, 1.82) is 0 Å². The van der Waals surface area contributed by atoms with E-state index in [1.807, 2.05) is 0 Å². The van der Waals surface area contributed by atoms with Gasteiger partial charge in [-0.15, -0.1) is 0 Å². The van der Waals surface area contributed by atoms with E-state index < -0.39 is 11.6 Å². The molecule has 0 radical (unpaired) electrons. The van der Waals surface area contributed by atoms with Crippen molar-refractivity contribution < 1.29 is 8.78 Å². The van der Waals surface area contributed by atoms with Gasteiger partial charge in [0.2, 0.25) is 0 Å². The smallest absolute Gasteiger partial charge is 0.126 e. The van der Waals surface area contributed by atoms with E-state index in [0.29, 0.717) is 5.92 Å². The van der Waals surface area contributed by atoms with Crippen LogP contribution in [0.2, 0.25) is 0 Å². The van der Waals surface area contributed by atoms with Gasteiger partial charge in [0.25, 0.3) is 0 Å². The summed E-state index contributed by atoms with van der Waals surface area (Å²) in [7, 11) is 0. The van der Waals surface area contributed by atoms with Gasteiger partial charge in [-0.25, -0.2) is 8.78 Å². The van der Waals surface area contributed by atoms with Crippen LogP contribution >= 0.6 is 15.9 Å². The van der Waals surface area contributed by atoms with Crippen molar-refractivity contribution in [2.45, 2.75) is 26.2 Å². The van der Waals surface area contributed by atoms with Crippen LogP contribution in [0.3, 0.4) is 0 Å². The molecule has 0 heterocycles. The fourth-order valence-corrected chi connectivity index (χ4v) is 2.92. The highest BCUT2D eigenvalue weighted by Gasteiger charge is 2.40. The molecule has 1 aliphatic rings. The highest BCUT2D eigenvalue weighted by atomic mass is 79.9. The lowest BCUT2D eigenvalue weighted by Gasteiger charge is -2.27. The van der Waals surface area contributed by atoms with Crippen molar-refractivity contribution in [3.8, 4) is 0 Å². The van der Waals surface area contributed by atoms with Crippen LogP contribution in [0.25, 0.3) is 0 Å². The molecule has 2 rings (SSSR count). The van der Waals surface area contributed by atoms with Crippen molar-refractivity contribution in [1.82, 2.24) is 0 Å². The van der Waals surface area contributed by atoms with Gasteiger partial charge in [-0.2, -0.15) is 0 Å². The Labute approximate surface area is 103 Å². The zero-order valence-electron chi connectivity index (χ0n) is 9.27. The van der Waals surface area contributed by atoms with Gasteiger partial charge in [0, 0.05) is 11.4 Å². The van der Waals surface area contributed by atoms with Crippen LogP contribution in [0.5, 0.6) is 0 Å². The lowest BCUT2D eigenvalue weighted by molar-refractivity contribution is 0.318. The van der Waals surface area contributed by atoms with Crippen molar-refractivity contribution in [3.05, 3.63) is 35.4 Å². The zero-order chi connectivity index (χ0) is 11.8. The molecular weight excluding hydrogens is 274 g/mol. The Morgan fingerprint density at radius 3 is 2.25 bits per heavy atom. The molecule has 0 N–H and O–H groups in total. The van der Waals surface area contributed by atoms with Gasteiger partial charge >= 0.3 is 0 Å². The average Bonchev–Trinajstić information content (AvgIpc) is 2.98. The fourth-order valence-electron chi connectivity index (χ4n) is 2.26. The minimum absolute atomic E-state index is 0.125. The molecule has 1 atom stereocenters. The third-order valence-corrected chi connectivity index (χ3v) is 4.68. The van der Waals surface area contributed by atoms with Crippen LogP contribution in [-0.4, -0.2) is 5.33 Å². The minimum atomic E-state index is -0.484. The quantitative estimate of drug-likeness (QED) is 0.724. The third kappa shape index (κ3) is 2.62. The first-order chi connectivity index (χ1) is 7.53. The van der Waals surface area contributed by atoms with E-state index in [4.69, 9.17) is 0 Å². The largest absolute Gasteiger partial charge is 0.207 e. The number of hydrogen-bond acceptors (Lipinski definition) is 0. The zero-order valence-corrected chi connectivity index (χ0v) is 10.9. The average molecular weight is 289 g/mol. The van der Waals surface area contributed by atoms with Gasteiger partial charge in [0.15, 0.2) is 0 Å². The Balaban J connectivity index is 2.18. The molecule has 1 unspecified atom stereocenters. The van der Waals surface area contributed by atoms with Gasteiger partial charge in [-0.1, -0.05) is 22.9 Å². The highest BCUT2D eigenvalue weighted by molar-refractivity contribution is 9.09. The van der Waals surface area contributed by atoms with Crippen molar-refractivity contribution in [2.75, 3.05) is 5.33 Å². The van der Waals surface area contributed by atoms with E-state index in [1.54, 1.807) is 0 Å². The molecule has 88 valence electrons. The predicted molar refractivity (Wildman–Crippen MR) is 64.7 cm³/mol. The second kappa shape index (κ2) is 4.44. The molecule has 0 aliphatic heterocycles. The lowest BCUT2D eigenvalue weighted by atomic mass is 9.81. The number of rotatable bonds is 4. The van der Waals surface area contributed by atoms with Gasteiger partial charge in [0.05, 0.1) is 0 Å². The second-order valence-corrected chi connectivity index (χ2v) is 5.58. The SMILES string of the molecule is CC(CBr)(Cc1cc(F)cc(F)c1)C1CC1. The summed E-state index contributed by atoms with van der Waals surface area (Å²) in [4.78, 5) is 0. The summed E-state index contributed by atoms with van der Waals surface area (Å²) < 4.78 is 26.1. The molecule has 1 aromatic carbocycles. The monoisotopic (exact) mass is 288 g/mol. The van der Waals surface area contributed by atoms with Gasteiger partial charge in [-0.3, -0.25) is 0 Å². The molecule has 3 heteroatoms. The van der Waals surface area contributed by atoms with E-state index in [9.17, 15) is 8.78 Å². The Kier molecular flexibility index (Phi) is 3.34. The number of hydrogen-bond donors (Lipinski definition) is 0. The molecular formula is C13H15BrF2. The summed E-state index contributed by atoms with van der Waals surface area (Å²) >= 11 is 3.52. The molecule has 1 aliphatic carbocycles. The fraction of sp³-hybridized carbons (Fsp3) is 0.538. The van der Waals surface area contributed by atoms with E-state index in [-0.39, 0.29) is 5.41 Å². The van der Waals surface area contributed by atoms with Crippen LogP contribution in [0.1, 0.15) is 25.3 Å². The molecule has 0 saturated heterocycles. The number of halogens is 3. The van der Waals surface area contributed by atoms with Gasteiger partial charge in [0.1, 0.15) is 11.6 Å². The summed E-state index contributed by atoms with van der Waals surface area (Å²) in [5, 5.41) is 0.878. The lowest BCUT2D eigenvalue weighted by Crippen LogP contribution is -2.24. The van der Waals surface area contributed by atoms with E-state index in [2.05, 4.69) is 22.9 Å². The van der Waals surface area contributed by atoms with Crippen molar-refractivity contribution in [2.24, 2.45) is 11.3 Å². The van der Waals surface area contributed by atoms with Crippen LogP contribution in [0.4, 0.5) is 8.78 Å². The molecule has 0 nitrogen and oxygen atoms in total. The molecule has 0 bridgehead atoms. The summed E-state index contributed by atoms with van der Waals surface area (Å²) in [6.45, 7) is 2.18. The first-order valence-electron chi connectivity index (χ1n) is 5.54. The van der Waals surface area contributed by atoms with Crippen LogP contribution in [0, 0.1) is 23.0 Å².